The highest BCUT2D eigenvalue weighted by Gasteiger charge is 2.13. The molecule has 31 heavy (non-hydrogen) atoms. The van der Waals surface area contributed by atoms with E-state index in [-0.39, 0.29) is 24.5 Å². The number of hydrogen-bond donors (Lipinski definition) is 2. The van der Waals surface area contributed by atoms with E-state index in [1.54, 1.807) is 30.3 Å². The number of halogens is 3. The molecular weight excluding hydrogens is 463 g/mol. The molecule has 0 aliphatic rings. The van der Waals surface area contributed by atoms with E-state index in [9.17, 15) is 9.90 Å². The number of benzene rings is 3. The number of aromatic amines is 1. The lowest BCUT2D eigenvalue weighted by atomic mass is 10.2. The Bertz CT molecular complexity index is 1270. The Morgan fingerprint density at radius 3 is 2.45 bits per heavy atom. The Labute approximate surface area is 192 Å². The van der Waals surface area contributed by atoms with Gasteiger partial charge in [-0.2, -0.15) is 0 Å². The largest absolute Gasteiger partial charge is 0.485 e. The molecular formula is C22H15Cl3N2O4. The van der Waals surface area contributed by atoms with Gasteiger partial charge in [-0.25, -0.2) is 9.78 Å². The standard InChI is InChI=1S/C22H15Cl3N2O4/c23-14-2-4-16(25)13(7-14)10-30-20-8-12(22(28)29)1-6-19(20)31-11-21-26-17-5-3-15(24)9-18(17)27-21/h1-9H,10-11H2,(H,26,27)(H,28,29). The van der Waals surface area contributed by atoms with E-state index in [0.717, 1.165) is 11.0 Å². The van der Waals surface area contributed by atoms with Gasteiger partial charge in [0.25, 0.3) is 0 Å². The fourth-order valence-electron chi connectivity index (χ4n) is 2.93. The van der Waals surface area contributed by atoms with Crippen molar-refractivity contribution in [3.05, 3.63) is 86.6 Å². The summed E-state index contributed by atoms with van der Waals surface area (Å²) in [5, 5.41) is 10.9. The van der Waals surface area contributed by atoms with Crippen molar-refractivity contribution in [2.75, 3.05) is 0 Å². The van der Waals surface area contributed by atoms with E-state index in [2.05, 4.69) is 9.97 Å². The first-order valence-electron chi connectivity index (χ1n) is 9.10. The second-order valence-electron chi connectivity index (χ2n) is 6.62. The monoisotopic (exact) mass is 476 g/mol. The molecule has 0 unspecified atom stereocenters. The van der Waals surface area contributed by atoms with Gasteiger partial charge in [0.05, 0.1) is 16.6 Å². The van der Waals surface area contributed by atoms with Crippen molar-refractivity contribution in [2.45, 2.75) is 13.2 Å². The molecule has 3 aromatic carbocycles. The van der Waals surface area contributed by atoms with E-state index in [1.807, 2.05) is 6.07 Å². The lowest BCUT2D eigenvalue weighted by Crippen LogP contribution is -2.04. The van der Waals surface area contributed by atoms with Crippen molar-refractivity contribution >= 4 is 51.8 Å². The second-order valence-corrected chi connectivity index (χ2v) is 7.90. The minimum atomic E-state index is -1.08. The smallest absolute Gasteiger partial charge is 0.335 e. The number of nitrogens with zero attached hydrogens (tertiary/aromatic N) is 1. The van der Waals surface area contributed by atoms with Crippen LogP contribution in [0.5, 0.6) is 11.5 Å². The molecule has 1 aromatic heterocycles. The summed E-state index contributed by atoms with van der Waals surface area (Å²) in [6, 6.07) is 14.7. The number of nitrogens with one attached hydrogen (secondary N) is 1. The lowest BCUT2D eigenvalue weighted by molar-refractivity contribution is 0.0696. The molecule has 9 heteroatoms. The van der Waals surface area contributed by atoms with Crippen molar-refractivity contribution in [3.8, 4) is 11.5 Å². The van der Waals surface area contributed by atoms with Crippen LogP contribution in [0.2, 0.25) is 15.1 Å². The van der Waals surface area contributed by atoms with Crippen LogP contribution in [-0.2, 0) is 13.2 Å². The third-order valence-corrected chi connectivity index (χ3v) is 5.28. The first-order chi connectivity index (χ1) is 14.9. The molecule has 4 rings (SSSR count). The lowest BCUT2D eigenvalue weighted by Gasteiger charge is -2.14. The molecule has 0 spiro atoms. The van der Waals surface area contributed by atoms with Gasteiger partial charge in [0.15, 0.2) is 11.5 Å². The van der Waals surface area contributed by atoms with Crippen LogP contribution in [0.4, 0.5) is 0 Å². The number of imidazole rings is 1. The van der Waals surface area contributed by atoms with Crippen molar-refractivity contribution < 1.29 is 19.4 Å². The SMILES string of the molecule is O=C(O)c1ccc(OCc2nc3ccc(Cl)cc3[nH]2)c(OCc2cc(Cl)ccc2Cl)c1. The maximum atomic E-state index is 11.4. The highest BCUT2D eigenvalue weighted by Crippen LogP contribution is 2.31. The van der Waals surface area contributed by atoms with E-state index in [4.69, 9.17) is 44.3 Å². The number of H-pyrrole nitrogens is 1. The third kappa shape index (κ3) is 5.05. The molecule has 0 aliphatic heterocycles. The summed E-state index contributed by atoms with van der Waals surface area (Å²) in [7, 11) is 0. The minimum Gasteiger partial charge on any atom is -0.485 e. The van der Waals surface area contributed by atoms with Crippen LogP contribution < -0.4 is 9.47 Å². The molecule has 0 atom stereocenters. The van der Waals surface area contributed by atoms with Crippen molar-refractivity contribution in [1.82, 2.24) is 9.97 Å². The number of fused-ring (bicyclic) bond motifs is 1. The molecule has 0 saturated heterocycles. The summed E-state index contributed by atoms with van der Waals surface area (Å²) in [6.45, 7) is 0.203. The van der Waals surface area contributed by atoms with Gasteiger partial charge in [-0.1, -0.05) is 34.8 Å². The molecule has 6 nitrogen and oxygen atoms in total. The van der Waals surface area contributed by atoms with Crippen LogP contribution in [-0.4, -0.2) is 21.0 Å². The number of rotatable bonds is 7. The maximum absolute atomic E-state index is 11.4. The van der Waals surface area contributed by atoms with Gasteiger partial charge in [0, 0.05) is 20.6 Å². The molecule has 0 aliphatic carbocycles. The fraction of sp³-hybridized carbons (Fsp3) is 0.0909. The number of aromatic nitrogens is 2. The van der Waals surface area contributed by atoms with E-state index >= 15 is 0 Å². The first kappa shape index (κ1) is 21.3. The second kappa shape index (κ2) is 9.06. The number of aromatic carboxylic acids is 1. The highest BCUT2D eigenvalue weighted by atomic mass is 35.5. The summed E-state index contributed by atoms with van der Waals surface area (Å²) < 4.78 is 11.7. The predicted molar refractivity (Wildman–Crippen MR) is 120 cm³/mol. The van der Waals surface area contributed by atoms with Crippen molar-refractivity contribution in [3.63, 3.8) is 0 Å². The molecule has 0 saturated carbocycles. The van der Waals surface area contributed by atoms with E-state index < -0.39 is 5.97 Å². The number of carboxylic acid groups (broad SMARTS) is 1. The first-order valence-corrected chi connectivity index (χ1v) is 10.2. The number of carbonyl (C=O) groups is 1. The molecule has 158 valence electrons. The summed E-state index contributed by atoms with van der Waals surface area (Å²) >= 11 is 18.2. The molecule has 0 fully saturated rings. The van der Waals surface area contributed by atoms with Crippen LogP contribution in [0.1, 0.15) is 21.7 Å². The van der Waals surface area contributed by atoms with Gasteiger partial charge in [0.1, 0.15) is 19.0 Å². The summed E-state index contributed by atoms with van der Waals surface area (Å²) in [5.41, 5.74) is 2.28. The van der Waals surface area contributed by atoms with Crippen LogP contribution >= 0.6 is 34.8 Å². The van der Waals surface area contributed by atoms with Crippen LogP contribution in [0.15, 0.2) is 54.6 Å². The Balaban J connectivity index is 1.55. The molecule has 1 heterocycles. The van der Waals surface area contributed by atoms with Gasteiger partial charge in [0.2, 0.25) is 0 Å². The average molecular weight is 478 g/mol. The Morgan fingerprint density at radius 1 is 0.903 bits per heavy atom. The Kier molecular flexibility index (Phi) is 6.23. The maximum Gasteiger partial charge on any atom is 0.335 e. The average Bonchev–Trinajstić information content (AvgIpc) is 3.15. The summed E-state index contributed by atoms with van der Waals surface area (Å²) in [5.74, 6) is 0.131. The Hall–Kier alpha value is -2.93. The fourth-order valence-corrected chi connectivity index (χ4v) is 3.47. The topological polar surface area (TPSA) is 84.4 Å². The van der Waals surface area contributed by atoms with Crippen molar-refractivity contribution in [2.24, 2.45) is 0 Å². The third-order valence-electron chi connectivity index (χ3n) is 4.44. The highest BCUT2D eigenvalue weighted by molar-refractivity contribution is 6.33. The zero-order valence-corrected chi connectivity index (χ0v) is 18.1. The summed E-state index contributed by atoms with van der Waals surface area (Å²) in [6.07, 6.45) is 0. The van der Waals surface area contributed by atoms with Gasteiger partial charge in [-0.05, 0) is 54.6 Å². The van der Waals surface area contributed by atoms with Gasteiger partial charge in [-0.3, -0.25) is 0 Å². The molecule has 0 amide bonds. The molecule has 4 aromatic rings. The molecule has 0 bridgehead atoms. The summed E-state index contributed by atoms with van der Waals surface area (Å²) in [4.78, 5) is 19.0. The zero-order valence-electron chi connectivity index (χ0n) is 15.9. The number of carboxylic acids is 1. The van der Waals surface area contributed by atoms with Gasteiger partial charge in [-0.15, -0.1) is 0 Å². The normalized spacial score (nSPS) is 10.9. The van der Waals surface area contributed by atoms with Gasteiger partial charge < -0.3 is 19.6 Å². The zero-order chi connectivity index (χ0) is 22.0. The number of hydrogen-bond acceptors (Lipinski definition) is 4. The van der Waals surface area contributed by atoms with Crippen LogP contribution in [0.3, 0.4) is 0 Å². The van der Waals surface area contributed by atoms with Gasteiger partial charge >= 0.3 is 5.97 Å². The predicted octanol–water partition coefficient (Wildman–Crippen LogP) is 6.38. The quantitative estimate of drug-likeness (QED) is 0.323. The van der Waals surface area contributed by atoms with E-state index in [1.165, 1.54) is 18.2 Å². The Morgan fingerprint density at radius 2 is 1.65 bits per heavy atom. The molecule has 2 N–H and O–H groups in total. The van der Waals surface area contributed by atoms with Crippen molar-refractivity contribution in [1.29, 1.82) is 0 Å². The van der Waals surface area contributed by atoms with Crippen LogP contribution in [0, 0.1) is 0 Å². The van der Waals surface area contributed by atoms with E-state index in [0.29, 0.717) is 32.2 Å². The minimum absolute atomic E-state index is 0.0675. The van der Waals surface area contributed by atoms with Crippen LogP contribution in [0.25, 0.3) is 11.0 Å². The molecule has 0 radical (unpaired) electrons. The number of ether oxygens (including phenoxy) is 2.